The first-order chi connectivity index (χ1) is 8.11. The zero-order valence-electron chi connectivity index (χ0n) is 11.4. The van der Waals surface area contributed by atoms with E-state index >= 15 is 0 Å². The Morgan fingerprint density at radius 3 is 2.65 bits per heavy atom. The van der Waals surface area contributed by atoms with E-state index in [2.05, 4.69) is 24.9 Å². The van der Waals surface area contributed by atoms with Crippen molar-refractivity contribution in [1.29, 1.82) is 0 Å². The minimum atomic E-state index is -0.0229. The molecule has 0 amide bonds. The van der Waals surface area contributed by atoms with Crippen LogP contribution < -0.4 is 15.4 Å². The van der Waals surface area contributed by atoms with E-state index in [0.29, 0.717) is 0 Å². The normalized spacial score (nSPS) is 12.3. The molecule has 0 spiro atoms. The van der Waals surface area contributed by atoms with Crippen molar-refractivity contribution in [2.24, 2.45) is 5.73 Å². The van der Waals surface area contributed by atoms with Crippen molar-refractivity contribution >= 4 is 5.69 Å². The van der Waals surface area contributed by atoms with Gasteiger partial charge in [0.05, 0.1) is 7.11 Å². The average Bonchev–Trinajstić information content (AvgIpc) is 2.34. The summed E-state index contributed by atoms with van der Waals surface area (Å²) in [6.45, 7) is 5.24. The minimum Gasteiger partial charge on any atom is -0.496 e. The maximum Gasteiger partial charge on any atom is 0.125 e. The molecule has 0 saturated carbocycles. The van der Waals surface area contributed by atoms with Crippen LogP contribution in [0.25, 0.3) is 0 Å². The van der Waals surface area contributed by atoms with Crippen molar-refractivity contribution in [3.8, 4) is 5.75 Å². The summed E-state index contributed by atoms with van der Waals surface area (Å²) >= 11 is 0. The van der Waals surface area contributed by atoms with Crippen LogP contribution in [0, 0.1) is 0 Å². The number of benzene rings is 1. The van der Waals surface area contributed by atoms with Gasteiger partial charge in [-0.15, -0.1) is 0 Å². The Labute approximate surface area is 105 Å². The molecule has 1 aromatic carbocycles. The molecular weight excluding hydrogens is 212 g/mol. The van der Waals surface area contributed by atoms with Crippen LogP contribution >= 0.6 is 0 Å². The Morgan fingerprint density at radius 1 is 1.41 bits per heavy atom. The number of hydrogen-bond donors (Lipinski definition) is 1. The summed E-state index contributed by atoms with van der Waals surface area (Å²) in [4.78, 5) is 2.25. The van der Waals surface area contributed by atoms with Gasteiger partial charge in [0.2, 0.25) is 0 Å². The molecule has 0 radical (unpaired) electrons. The van der Waals surface area contributed by atoms with Crippen LogP contribution in [0.3, 0.4) is 0 Å². The number of hydrogen-bond acceptors (Lipinski definition) is 3. The van der Waals surface area contributed by atoms with Gasteiger partial charge in [-0.25, -0.2) is 0 Å². The van der Waals surface area contributed by atoms with Gasteiger partial charge in [0, 0.05) is 30.9 Å². The van der Waals surface area contributed by atoms with Gasteiger partial charge in [-0.1, -0.05) is 19.4 Å². The molecule has 1 rings (SSSR count). The van der Waals surface area contributed by atoms with Crippen LogP contribution in [0.1, 0.15) is 38.3 Å². The van der Waals surface area contributed by atoms with Crippen molar-refractivity contribution in [3.05, 3.63) is 23.8 Å². The predicted molar refractivity (Wildman–Crippen MR) is 73.8 cm³/mol. The highest BCUT2D eigenvalue weighted by atomic mass is 16.5. The molecule has 0 aliphatic heterocycles. The lowest BCUT2D eigenvalue weighted by Gasteiger charge is -2.25. The molecule has 96 valence electrons. The Hall–Kier alpha value is -1.22. The standard InChI is InChI=1S/C14H24N2O/c1-5-6-10-16(3)12-8-7-9-13(17-4)14(12)11(2)15/h7-9,11H,5-6,10,15H2,1-4H3. The van der Waals surface area contributed by atoms with Crippen LogP contribution in [0.2, 0.25) is 0 Å². The van der Waals surface area contributed by atoms with E-state index in [1.165, 1.54) is 18.5 Å². The van der Waals surface area contributed by atoms with Crippen molar-refractivity contribution in [3.63, 3.8) is 0 Å². The van der Waals surface area contributed by atoms with Crippen molar-refractivity contribution in [2.45, 2.75) is 32.7 Å². The SMILES string of the molecule is CCCCN(C)c1cccc(OC)c1C(C)N. The quantitative estimate of drug-likeness (QED) is 0.825. The summed E-state index contributed by atoms with van der Waals surface area (Å²) < 4.78 is 5.40. The molecule has 1 atom stereocenters. The van der Waals surface area contributed by atoms with Crippen LogP contribution in [0.4, 0.5) is 5.69 Å². The summed E-state index contributed by atoms with van der Waals surface area (Å²) in [7, 11) is 3.80. The third kappa shape index (κ3) is 3.37. The lowest BCUT2D eigenvalue weighted by Crippen LogP contribution is -2.22. The van der Waals surface area contributed by atoms with Crippen molar-refractivity contribution < 1.29 is 4.74 Å². The highest BCUT2D eigenvalue weighted by Crippen LogP contribution is 2.33. The molecule has 3 nitrogen and oxygen atoms in total. The maximum atomic E-state index is 6.05. The van der Waals surface area contributed by atoms with Crippen LogP contribution in [0.5, 0.6) is 5.75 Å². The number of ether oxygens (including phenoxy) is 1. The Kier molecular flexibility index (Phi) is 5.29. The largest absolute Gasteiger partial charge is 0.496 e. The second-order valence-electron chi connectivity index (χ2n) is 4.46. The molecule has 0 aliphatic rings. The molecule has 2 N–H and O–H groups in total. The van der Waals surface area contributed by atoms with Gasteiger partial charge in [0.15, 0.2) is 0 Å². The minimum absolute atomic E-state index is 0.0229. The lowest BCUT2D eigenvalue weighted by atomic mass is 10.0. The topological polar surface area (TPSA) is 38.5 Å². The smallest absolute Gasteiger partial charge is 0.125 e. The third-order valence-electron chi connectivity index (χ3n) is 2.98. The van der Waals surface area contributed by atoms with E-state index in [9.17, 15) is 0 Å². The van der Waals surface area contributed by atoms with E-state index in [4.69, 9.17) is 10.5 Å². The predicted octanol–water partition coefficient (Wildman–Crippen LogP) is 2.95. The molecule has 0 heterocycles. The second-order valence-corrected chi connectivity index (χ2v) is 4.46. The van der Waals surface area contributed by atoms with Crippen LogP contribution in [0.15, 0.2) is 18.2 Å². The van der Waals surface area contributed by atoms with Gasteiger partial charge < -0.3 is 15.4 Å². The molecule has 17 heavy (non-hydrogen) atoms. The fourth-order valence-corrected chi connectivity index (χ4v) is 2.02. The van der Waals surface area contributed by atoms with Crippen molar-refractivity contribution in [2.75, 3.05) is 25.6 Å². The number of nitrogens with zero attached hydrogens (tertiary/aromatic N) is 1. The Morgan fingerprint density at radius 2 is 2.12 bits per heavy atom. The van der Waals surface area contributed by atoms with E-state index in [-0.39, 0.29) is 6.04 Å². The molecule has 0 fully saturated rings. The molecule has 3 heteroatoms. The first-order valence-electron chi connectivity index (χ1n) is 6.25. The fraction of sp³-hybridized carbons (Fsp3) is 0.571. The van der Waals surface area contributed by atoms with E-state index in [0.717, 1.165) is 17.9 Å². The molecule has 0 bridgehead atoms. The molecule has 0 saturated heterocycles. The first kappa shape index (κ1) is 13.8. The first-order valence-corrected chi connectivity index (χ1v) is 6.25. The summed E-state index contributed by atoms with van der Waals surface area (Å²) in [6, 6.07) is 6.07. The Balaban J connectivity index is 3.05. The summed E-state index contributed by atoms with van der Waals surface area (Å²) in [5.41, 5.74) is 8.32. The van der Waals surface area contributed by atoms with E-state index in [1.54, 1.807) is 7.11 Å². The fourth-order valence-electron chi connectivity index (χ4n) is 2.02. The zero-order chi connectivity index (χ0) is 12.8. The lowest BCUT2D eigenvalue weighted by molar-refractivity contribution is 0.407. The number of rotatable bonds is 6. The highest BCUT2D eigenvalue weighted by Gasteiger charge is 2.15. The molecular formula is C14H24N2O. The number of anilines is 1. The van der Waals surface area contributed by atoms with Gasteiger partial charge in [0.1, 0.15) is 5.75 Å². The molecule has 0 aromatic heterocycles. The van der Waals surface area contributed by atoms with E-state index < -0.39 is 0 Å². The van der Waals surface area contributed by atoms with E-state index in [1.807, 2.05) is 19.1 Å². The zero-order valence-corrected chi connectivity index (χ0v) is 11.4. The number of unbranched alkanes of at least 4 members (excludes halogenated alkanes) is 1. The summed E-state index contributed by atoms with van der Waals surface area (Å²) in [6.07, 6.45) is 2.38. The summed E-state index contributed by atoms with van der Waals surface area (Å²) in [5, 5.41) is 0. The van der Waals surface area contributed by atoms with Gasteiger partial charge in [-0.2, -0.15) is 0 Å². The molecule has 1 aromatic rings. The molecule has 0 aliphatic carbocycles. The number of nitrogens with two attached hydrogens (primary N) is 1. The number of methoxy groups -OCH3 is 1. The van der Waals surface area contributed by atoms with Crippen LogP contribution in [-0.4, -0.2) is 20.7 Å². The van der Waals surface area contributed by atoms with Crippen molar-refractivity contribution in [1.82, 2.24) is 0 Å². The second kappa shape index (κ2) is 6.50. The Bertz CT molecular complexity index is 350. The van der Waals surface area contributed by atoms with Gasteiger partial charge in [0.25, 0.3) is 0 Å². The molecule has 1 unspecified atom stereocenters. The maximum absolute atomic E-state index is 6.05. The van der Waals surface area contributed by atoms with Gasteiger partial charge >= 0.3 is 0 Å². The average molecular weight is 236 g/mol. The summed E-state index contributed by atoms with van der Waals surface area (Å²) in [5.74, 6) is 0.876. The van der Waals surface area contributed by atoms with Gasteiger partial charge in [-0.3, -0.25) is 0 Å². The van der Waals surface area contributed by atoms with Crippen LogP contribution in [-0.2, 0) is 0 Å². The monoisotopic (exact) mass is 236 g/mol. The highest BCUT2D eigenvalue weighted by molar-refractivity contribution is 5.60. The van der Waals surface area contributed by atoms with Gasteiger partial charge in [-0.05, 0) is 25.5 Å². The third-order valence-corrected chi connectivity index (χ3v) is 2.98.